The minimum absolute atomic E-state index is 0.0684. The van der Waals surface area contributed by atoms with Gasteiger partial charge in [-0.05, 0) is 19.4 Å². The van der Waals surface area contributed by atoms with Gasteiger partial charge >= 0.3 is 0 Å². The molecule has 0 aliphatic heterocycles. The number of unbranched alkanes of at least 4 members (excludes halogenated alkanes) is 1. The summed E-state index contributed by atoms with van der Waals surface area (Å²) in [5.74, 6) is -0.0684. The lowest BCUT2D eigenvalue weighted by Gasteiger charge is -2.04. The maximum absolute atomic E-state index is 11.9. The van der Waals surface area contributed by atoms with Gasteiger partial charge in [0, 0.05) is 25.2 Å². The van der Waals surface area contributed by atoms with E-state index in [1.807, 2.05) is 20.0 Å². The topological polar surface area (TPSA) is 59.8 Å². The van der Waals surface area contributed by atoms with Crippen LogP contribution in [-0.2, 0) is 7.05 Å². The molecule has 2 rings (SSSR count). The minimum Gasteiger partial charge on any atom is -0.352 e. The number of pyridine rings is 1. The number of hydrogen-bond donors (Lipinski definition) is 1. The molecular weight excluding hydrogens is 228 g/mol. The number of nitrogens with one attached hydrogen (secondary N) is 1. The number of fused-ring (bicyclic) bond motifs is 1. The van der Waals surface area contributed by atoms with Gasteiger partial charge in [0.2, 0.25) is 0 Å². The number of carbonyl (C=O) groups excluding carboxylic acids is 1. The Hall–Kier alpha value is -1.91. The molecule has 1 N–H and O–H groups in total. The number of hydrogen-bond acceptors (Lipinski definition) is 3. The van der Waals surface area contributed by atoms with Crippen molar-refractivity contribution in [1.29, 1.82) is 0 Å². The summed E-state index contributed by atoms with van der Waals surface area (Å²) in [5, 5.41) is 8.10. The second kappa shape index (κ2) is 5.16. The van der Waals surface area contributed by atoms with Crippen LogP contribution >= 0.6 is 0 Å². The highest BCUT2D eigenvalue weighted by Gasteiger charge is 2.11. The molecule has 0 saturated heterocycles. The van der Waals surface area contributed by atoms with E-state index >= 15 is 0 Å². The first-order valence-electron chi connectivity index (χ1n) is 6.21. The summed E-state index contributed by atoms with van der Waals surface area (Å²) < 4.78 is 1.73. The summed E-state index contributed by atoms with van der Waals surface area (Å²) in [7, 11) is 1.85. The van der Waals surface area contributed by atoms with Crippen LogP contribution in [0.3, 0.4) is 0 Å². The molecule has 0 aliphatic rings. The Labute approximate surface area is 106 Å². The van der Waals surface area contributed by atoms with Crippen molar-refractivity contribution in [3.05, 3.63) is 23.5 Å². The SMILES string of the molecule is CCCCNC(=O)c1cnc2c(c1)c(C)nn2C. The maximum atomic E-state index is 11.9. The van der Waals surface area contributed by atoms with Crippen molar-refractivity contribution in [3.8, 4) is 0 Å². The summed E-state index contributed by atoms with van der Waals surface area (Å²) in [5.41, 5.74) is 2.29. The first-order chi connectivity index (χ1) is 8.63. The molecule has 5 heteroatoms. The van der Waals surface area contributed by atoms with Crippen LogP contribution in [0.15, 0.2) is 12.3 Å². The first kappa shape index (κ1) is 12.5. The van der Waals surface area contributed by atoms with Crippen molar-refractivity contribution in [2.24, 2.45) is 7.05 Å². The third-order valence-corrected chi connectivity index (χ3v) is 2.94. The molecule has 0 aliphatic carbocycles. The van der Waals surface area contributed by atoms with Crippen LogP contribution in [-0.4, -0.2) is 27.2 Å². The van der Waals surface area contributed by atoms with E-state index in [0.29, 0.717) is 12.1 Å². The zero-order valence-corrected chi connectivity index (χ0v) is 11.0. The van der Waals surface area contributed by atoms with Gasteiger partial charge in [-0.15, -0.1) is 0 Å². The Balaban J connectivity index is 2.24. The molecule has 2 heterocycles. The van der Waals surface area contributed by atoms with E-state index < -0.39 is 0 Å². The second-order valence-corrected chi connectivity index (χ2v) is 4.41. The third-order valence-electron chi connectivity index (χ3n) is 2.94. The lowest BCUT2D eigenvalue weighted by Crippen LogP contribution is -2.24. The molecule has 2 aromatic rings. The molecular formula is C13H18N4O. The van der Waals surface area contributed by atoms with E-state index in [9.17, 15) is 4.79 Å². The number of nitrogens with zero attached hydrogens (tertiary/aromatic N) is 3. The van der Waals surface area contributed by atoms with Crippen LogP contribution in [0, 0.1) is 6.92 Å². The van der Waals surface area contributed by atoms with Gasteiger partial charge < -0.3 is 5.32 Å². The van der Waals surface area contributed by atoms with E-state index in [1.165, 1.54) is 0 Å². The first-order valence-corrected chi connectivity index (χ1v) is 6.21. The normalized spacial score (nSPS) is 10.8. The van der Waals surface area contributed by atoms with Crippen LogP contribution in [0.1, 0.15) is 35.8 Å². The van der Waals surface area contributed by atoms with E-state index in [1.54, 1.807) is 10.9 Å². The van der Waals surface area contributed by atoms with Gasteiger partial charge in [0.15, 0.2) is 5.65 Å². The number of rotatable bonds is 4. The smallest absolute Gasteiger partial charge is 0.252 e. The second-order valence-electron chi connectivity index (χ2n) is 4.41. The average molecular weight is 246 g/mol. The quantitative estimate of drug-likeness (QED) is 0.837. The molecule has 2 aromatic heterocycles. The van der Waals surface area contributed by atoms with Crippen molar-refractivity contribution >= 4 is 16.9 Å². The van der Waals surface area contributed by atoms with Gasteiger partial charge in [-0.2, -0.15) is 5.10 Å². The van der Waals surface area contributed by atoms with E-state index in [-0.39, 0.29) is 5.91 Å². The summed E-state index contributed by atoms with van der Waals surface area (Å²) in [6, 6.07) is 1.85. The number of amides is 1. The Morgan fingerprint density at radius 2 is 2.28 bits per heavy atom. The highest BCUT2D eigenvalue weighted by atomic mass is 16.1. The molecule has 0 spiro atoms. The minimum atomic E-state index is -0.0684. The Morgan fingerprint density at radius 1 is 1.50 bits per heavy atom. The van der Waals surface area contributed by atoms with Crippen LogP contribution in [0.4, 0.5) is 0 Å². The fraction of sp³-hybridized carbons (Fsp3) is 0.462. The molecule has 0 unspecified atom stereocenters. The molecule has 0 aromatic carbocycles. The summed E-state index contributed by atoms with van der Waals surface area (Å²) in [6.45, 7) is 4.72. The maximum Gasteiger partial charge on any atom is 0.252 e. The lowest BCUT2D eigenvalue weighted by molar-refractivity contribution is 0.0953. The van der Waals surface area contributed by atoms with Crippen LogP contribution in [0.25, 0.3) is 11.0 Å². The zero-order chi connectivity index (χ0) is 13.1. The number of carbonyl (C=O) groups is 1. The van der Waals surface area contributed by atoms with Gasteiger partial charge in [0.1, 0.15) is 0 Å². The molecule has 96 valence electrons. The molecule has 5 nitrogen and oxygen atoms in total. The van der Waals surface area contributed by atoms with Gasteiger partial charge in [-0.25, -0.2) is 4.98 Å². The molecule has 0 bridgehead atoms. The van der Waals surface area contributed by atoms with Crippen LogP contribution in [0.2, 0.25) is 0 Å². The van der Waals surface area contributed by atoms with Crippen molar-refractivity contribution in [2.75, 3.05) is 6.54 Å². The number of aromatic nitrogens is 3. The van der Waals surface area contributed by atoms with E-state index in [0.717, 1.165) is 29.6 Å². The zero-order valence-electron chi connectivity index (χ0n) is 11.0. The molecule has 1 amide bonds. The standard InChI is InChI=1S/C13H18N4O/c1-4-5-6-14-13(18)10-7-11-9(2)16-17(3)12(11)15-8-10/h7-8H,4-6H2,1-3H3,(H,14,18). The van der Waals surface area contributed by atoms with Crippen LogP contribution in [0.5, 0.6) is 0 Å². The van der Waals surface area contributed by atoms with Gasteiger partial charge in [0.05, 0.1) is 11.3 Å². The predicted molar refractivity (Wildman–Crippen MR) is 70.5 cm³/mol. The van der Waals surface area contributed by atoms with E-state index in [4.69, 9.17) is 0 Å². The molecule has 0 radical (unpaired) electrons. The van der Waals surface area contributed by atoms with Crippen molar-refractivity contribution in [1.82, 2.24) is 20.1 Å². The highest BCUT2D eigenvalue weighted by Crippen LogP contribution is 2.16. The molecule has 0 atom stereocenters. The fourth-order valence-electron chi connectivity index (χ4n) is 1.91. The van der Waals surface area contributed by atoms with E-state index in [2.05, 4.69) is 22.3 Å². The molecule has 0 saturated carbocycles. The Bertz CT molecular complexity index is 574. The summed E-state index contributed by atoms with van der Waals surface area (Å²) in [4.78, 5) is 16.2. The fourth-order valence-corrected chi connectivity index (χ4v) is 1.91. The average Bonchev–Trinajstić information content (AvgIpc) is 2.65. The van der Waals surface area contributed by atoms with Crippen LogP contribution < -0.4 is 5.32 Å². The monoisotopic (exact) mass is 246 g/mol. The van der Waals surface area contributed by atoms with Gasteiger partial charge in [0.25, 0.3) is 5.91 Å². The third kappa shape index (κ3) is 2.34. The summed E-state index contributed by atoms with van der Waals surface area (Å²) in [6.07, 6.45) is 3.66. The number of aryl methyl sites for hydroxylation is 2. The highest BCUT2D eigenvalue weighted by molar-refractivity contribution is 5.97. The van der Waals surface area contributed by atoms with Gasteiger partial charge in [-0.3, -0.25) is 9.48 Å². The van der Waals surface area contributed by atoms with Crippen molar-refractivity contribution in [2.45, 2.75) is 26.7 Å². The largest absolute Gasteiger partial charge is 0.352 e. The van der Waals surface area contributed by atoms with Crippen molar-refractivity contribution in [3.63, 3.8) is 0 Å². The Morgan fingerprint density at radius 3 is 3.00 bits per heavy atom. The van der Waals surface area contributed by atoms with Crippen molar-refractivity contribution < 1.29 is 4.79 Å². The Kier molecular flexibility index (Phi) is 3.60. The summed E-state index contributed by atoms with van der Waals surface area (Å²) >= 11 is 0. The molecule has 18 heavy (non-hydrogen) atoms. The molecule has 0 fully saturated rings. The lowest BCUT2D eigenvalue weighted by atomic mass is 10.2. The van der Waals surface area contributed by atoms with Gasteiger partial charge in [-0.1, -0.05) is 13.3 Å². The predicted octanol–water partition coefficient (Wildman–Crippen LogP) is 1.81.